The molecule has 3 fully saturated rings. The van der Waals surface area contributed by atoms with Gasteiger partial charge in [0.15, 0.2) is 11.6 Å². The van der Waals surface area contributed by atoms with Crippen molar-refractivity contribution >= 4 is 22.8 Å². The molecule has 0 aromatic carbocycles. The van der Waals surface area contributed by atoms with E-state index in [0.717, 1.165) is 31.7 Å². The molecule has 0 amide bonds. The molecule has 28 heavy (non-hydrogen) atoms. The van der Waals surface area contributed by atoms with E-state index in [1.807, 2.05) is 4.90 Å². The molecule has 2 aromatic heterocycles. The number of fused-ring (bicyclic) bond motifs is 2. The zero-order valence-electron chi connectivity index (χ0n) is 15.7. The first kappa shape index (κ1) is 17.6. The van der Waals surface area contributed by atoms with E-state index in [4.69, 9.17) is 5.73 Å². The summed E-state index contributed by atoms with van der Waals surface area (Å²) in [4.78, 5) is 30.5. The van der Waals surface area contributed by atoms with Crippen molar-refractivity contribution in [2.45, 2.75) is 44.7 Å². The summed E-state index contributed by atoms with van der Waals surface area (Å²) in [6, 6.07) is 1.38. The van der Waals surface area contributed by atoms with Crippen molar-refractivity contribution in [3.05, 3.63) is 33.9 Å². The van der Waals surface area contributed by atoms with E-state index >= 15 is 0 Å². The molecule has 3 atom stereocenters. The molecule has 5 rings (SSSR count). The number of aromatic carboxylic acids is 1. The van der Waals surface area contributed by atoms with Gasteiger partial charge in [-0.1, -0.05) is 6.92 Å². The molecule has 148 valence electrons. The van der Waals surface area contributed by atoms with E-state index in [-0.39, 0.29) is 34.3 Å². The Labute approximate surface area is 161 Å². The summed E-state index contributed by atoms with van der Waals surface area (Å²) in [6.45, 7) is 3.57. The highest BCUT2D eigenvalue weighted by Crippen LogP contribution is 2.51. The van der Waals surface area contributed by atoms with Gasteiger partial charge in [0.25, 0.3) is 0 Å². The maximum Gasteiger partial charge on any atom is 0.341 e. The number of hydrogen-bond donors (Lipinski definition) is 2. The van der Waals surface area contributed by atoms with E-state index in [2.05, 4.69) is 11.9 Å². The third-order valence-electron chi connectivity index (χ3n) is 6.89. The molecular formula is C20H23FN4O3. The third kappa shape index (κ3) is 2.47. The van der Waals surface area contributed by atoms with Gasteiger partial charge < -0.3 is 20.3 Å². The SMILES string of the molecule is C[C@@]12CCN(c3nc4c(cc3F)c(=O)c(C(=O)O)cn4C3CC3)C[C@@H]1[C@@H](N)C2. The Morgan fingerprint density at radius 2 is 2.18 bits per heavy atom. The first-order chi connectivity index (χ1) is 13.3. The molecule has 3 heterocycles. The first-order valence-electron chi connectivity index (χ1n) is 9.78. The predicted molar refractivity (Wildman–Crippen MR) is 102 cm³/mol. The highest BCUT2D eigenvalue weighted by atomic mass is 19.1. The molecule has 2 saturated carbocycles. The minimum atomic E-state index is -1.31. The lowest BCUT2D eigenvalue weighted by Gasteiger charge is -2.57. The number of carbonyl (C=O) groups is 1. The Balaban J connectivity index is 1.62. The van der Waals surface area contributed by atoms with Crippen molar-refractivity contribution in [2.75, 3.05) is 18.0 Å². The maximum atomic E-state index is 15.0. The van der Waals surface area contributed by atoms with Crippen LogP contribution in [0.5, 0.6) is 0 Å². The second-order valence-corrected chi connectivity index (χ2v) is 8.80. The molecule has 7 nitrogen and oxygen atoms in total. The van der Waals surface area contributed by atoms with Gasteiger partial charge in [0.05, 0.1) is 5.39 Å². The van der Waals surface area contributed by atoms with Gasteiger partial charge in [-0.3, -0.25) is 4.79 Å². The molecule has 0 spiro atoms. The largest absolute Gasteiger partial charge is 0.477 e. The number of carboxylic acids is 1. The summed E-state index contributed by atoms with van der Waals surface area (Å²) < 4.78 is 16.7. The smallest absolute Gasteiger partial charge is 0.341 e. The summed E-state index contributed by atoms with van der Waals surface area (Å²) >= 11 is 0. The average molecular weight is 386 g/mol. The summed E-state index contributed by atoms with van der Waals surface area (Å²) in [5, 5.41) is 9.36. The zero-order chi connectivity index (χ0) is 19.8. The number of hydrogen-bond acceptors (Lipinski definition) is 5. The lowest BCUT2D eigenvalue weighted by molar-refractivity contribution is 0.00277. The average Bonchev–Trinajstić information content (AvgIpc) is 3.46. The minimum Gasteiger partial charge on any atom is -0.477 e. The van der Waals surface area contributed by atoms with Crippen LogP contribution in [0, 0.1) is 17.2 Å². The second kappa shape index (κ2) is 5.76. The molecule has 1 aliphatic heterocycles. The van der Waals surface area contributed by atoms with Crippen molar-refractivity contribution < 1.29 is 14.3 Å². The number of carboxylic acid groups (broad SMARTS) is 1. The Kier molecular flexibility index (Phi) is 3.62. The first-order valence-corrected chi connectivity index (χ1v) is 9.78. The number of halogens is 1. The van der Waals surface area contributed by atoms with E-state index in [1.165, 1.54) is 6.20 Å². The van der Waals surface area contributed by atoms with Gasteiger partial charge in [-0.25, -0.2) is 14.2 Å². The van der Waals surface area contributed by atoms with Crippen LogP contribution in [0.1, 0.15) is 49.0 Å². The molecule has 3 N–H and O–H groups in total. The van der Waals surface area contributed by atoms with Crippen molar-refractivity contribution in [3.63, 3.8) is 0 Å². The van der Waals surface area contributed by atoms with Gasteiger partial charge in [-0.15, -0.1) is 0 Å². The predicted octanol–water partition coefficient (Wildman–Crippen LogP) is 2.13. The molecule has 2 aliphatic carbocycles. The van der Waals surface area contributed by atoms with Gasteiger partial charge >= 0.3 is 5.97 Å². The molecule has 0 radical (unpaired) electrons. The fourth-order valence-electron chi connectivity index (χ4n) is 4.99. The Morgan fingerprint density at radius 1 is 1.43 bits per heavy atom. The number of nitrogens with two attached hydrogens (primary N) is 1. The van der Waals surface area contributed by atoms with E-state index in [0.29, 0.717) is 24.7 Å². The number of nitrogens with zero attached hydrogens (tertiary/aromatic N) is 3. The molecule has 8 heteroatoms. The fourth-order valence-corrected chi connectivity index (χ4v) is 4.99. The quantitative estimate of drug-likeness (QED) is 0.838. The van der Waals surface area contributed by atoms with E-state index in [9.17, 15) is 19.1 Å². The number of anilines is 1. The van der Waals surface area contributed by atoms with Crippen molar-refractivity contribution in [2.24, 2.45) is 17.1 Å². The molecule has 0 unspecified atom stereocenters. The Morgan fingerprint density at radius 3 is 2.82 bits per heavy atom. The van der Waals surface area contributed by atoms with Crippen LogP contribution in [0.25, 0.3) is 11.0 Å². The lowest BCUT2D eigenvalue weighted by atomic mass is 9.55. The summed E-state index contributed by atoms with van der Waals surface area (Å²) in [5.41, 5.74) is 5.73. The molecule has 2 aromatic rings. The van der Waals surface area contributed by atoms with Gasteiger partial charge in [0, 0.05) is 31.4 Å². The van der Waals surface area contributed by atoms with Crippen LogP contribution in [-0.2, 0) is 0 Å². The molecule has 3 aliphatic rings. The van der Waals surface area contributed by atoms with E-state index in [1.54, 1.807) is 4.57 Å². The van der Waals surface area contributed by atoms with Crippen LogP contribution in [-0.4, -0.2) is 39.8 Å². The van der Waals surface area contributed by atoms with Crippen LogP contribution < -0.4 is 16.1 Å². The van der Waals surface area contributed by atoms with Crippen molar-refractivity contribution in [1.29, 1.82) is 0 Å². The highest BCUT2D eigenvalue weighted by Gasteiger charge is 2.51. The summed E-state index contributed by atoms with van der Waals surface area (Å²) in [7, 11) is 0. The van der Waals surface area contributed by atoms with Crippen LogP contribution in [0.4, 0.5) is 10.2 Å². The van der Waals surface area contributed by atoms with Crippen molar-refractivity contribution in [3.8, 4) is 0 Å². The van der Waals surface area contributed by atoms with Crippen LogP contribution in [0.15, 0.2) is 17.1 Å². The minimum absolute atomic E-state index is 0.0234. The summed E-state index contributed by atoms with van der Waals surface area (Å²) in [6.07, 6.45) is 5.07. The highest BCUT2D eigenvalue weighted by molar-refractivity contribution is 5.92. The van der Waals surface area contributed by atoms with Gasteiger partial charge in [-0.2, -0.15) is 0 Å². The number of aromatic nitrogens is 2. The number of rotatable bonds is 3. The van der Waals surface area contributed by atoms with Crippen LogP contribution in [0.3, 0.4) is 0 Å². The van der Waals surface area contributed by atoms with Crippen LogP contribution >= 0.6 is 0 Å². The zero-order valence-corrected chi connectivity index (χ0v) is 15.7. The van der Waals surface area contributed by atoms with Gasteiger partial charge in [-0.05, 0) is 43.1 Å². The number of piperidine rings is 1. The Bertz CT molecular complexity index is 1060. The second-order valence-electron chi connectivity index (χ2n) is 8.80. The topological polar surface area (TPSA) is 101 Å². The fraction of sp³-hybridized carbons (Fsp3) is 0.550. The number of pyridine rings is 2. The molecule has 0 bridgehead atoms. The monoisotopic (exact) mass is 386 g/mol. The summed E-state index contributed by atoms with van der Waals surface area (Å²) in [5.74, 6) is -1.37. The van der Waals surface area contributed by atoms with Crippen molar-refractivity contribution in [1.82, 2.24) is 9.55 Å². The maximum absolute atomic E-state index is 15.0. The molecular weight excluding hydrogens is 363 g/mol. The lowest BCUT2D eigenvalue weighted by Crippen LogP contribution is -2.62. The van der Waals surface area contributed by atoms with Gasteiger partial charge in [0.1, 0.15) is 11.2 Å². The normalized spacial score (nSPS) is 29.5. The van der Waals surface area contributed by atoms with E-state index < -0.39 is 17.2 Å². The molecule has 1 saturated heterocycles. The Hall–Kier alpha value is -2.48. The standard InChI is InChI=1S/C20H23FN4O3/c1-20-4-5-24(9-13(20)15(22)7-20)18-14(21)6-11-16(26)12(19(27)28)8-25(10-2-3-10)17(11)23-18/h6,8,10,13,15H,2-5,7,9,22H2,1H3,(H,27,28)/t13-,15+,20+/m1/s1. The van der Waals surface area contributed by atoms with Crippen LogP contribution in [0.2, 0.25) is 0 Å². The van der Waals surface area contributed by atoms with Gasteiger partial charge in [0.2, 0.25) is 5.43 Å². The third-order valence-corrected chi connectivity index (χ3v) is 6.89.